The van der Waals surface area contributed by atoms with Crippen molar-refractivity contribution in [3.05, 3.63) is 28.0 Å². The van der Waals surface area contributed by atoms with Crippen molar-refractivity contribution in [3.63, 3.8) is 0 Å². The third-order valence-corrected chi connectivity index (χ3v) is 4.48. The van der Waals surface area contributed by atoms with E-state index in [1.54, 1.807) is 4.90 Å². The molecule has 8 heteroatoms. The molecule has 0 spiro atoms. The fraction of sp³-hybridized carbons (Fsp3) is 0.643. The van der Waals surface area contributed by atoms with E-state index in [1.807, 2.05) is 0 Å². The summed E-state index contributed by atoms with van der Waals surface area (Å²) in [6, 6.07) is 3.19. The molecule has 0 radical (unpaired) electrons. The monoisotopic (exact) mass is 329 g/mol. The number of rotatable bonds is 3. The molecule has 1 N–H and O–H groups in total. The predicted molar refractivity (Wildman–Crippen MR) is 82.3 cm³/mol. The smallest absolute Gasteiger partial charge is 0.395 e. The number of nitrogens with one attached hydrogen (secondary N) is 1. The predicted octanol–water partition coefficient (Wildman–Crippen LogP) is 2.21. The standard InChI is InChI=1S/C14H19N3O4.ClH/c18-14(12-3-4-13(21-12)17(19)20)16-8-5-10(6-9-16)11-2-1-7-15-11;/h3-4,10-11,15H,1-2,5-9H2;1H. The van der Waals surface area contributed by atoms with Crippen molar-refractivity contribution < 1.29 is 14.1 Å². The average Bonchev–Trinajstić information content (AvgIpc) is 3.18. The molecule has 2 aliphatic heterocycles. The molecule has 3 rings (SSSR count). The fourth-order valence-electron chi connectivity index (χ4n) is 3.32. The van der Waals surface area contributed by atoms with Gasteiger partial charge >= 0.3 is 5.88 Å². The topological polar surface area (TPSA) is 88.6 Å². The third-order valence-electron chi connectivity index (χ3n) is 4.48. The number of hydrogen-bond donors (Lipinski definition) is 1. The molecule has 0 bridgehead atoms. The first-order chi connectivity index (χ1) is 10.1. The second-order valence-electron chi connectivity index (χ2n) is 5.73. The van der Waals surface area contributed by atoms with Gasteiger partial charge in [0.1, 0.15) is 4.92 Å². The summed E-state index contributed by atoms with van der Waals surface area (Å²) in [6.45, 7) is 2.48. The van der Waals surface area contributed by atoms with Crippen molar-refractivity contribution >= 4 is 24.2 Å². The number of halogens is 1. The highest BCUT2D eigenvalue weighted by atomic mass is 35.5. The lowest BCUT2D eigenvalue weighted by molar-refractivity contribution is -0.402. The van der Waals surface area contributed by atoms with Gasteiger partial charge in [-0.2, -0.15) is 0 Å². The summed E-state index contributed by atoms with van der Waals surface area (Å²) in [4.78, 5) is 23.9. The fourth-order valence-corrected chi connectivity index (χ4v) is 3.32. The van der Waals surface area contributed by atoms with Crippen LogP contribution in [0.1, 0.15) is 36.2 Å². The SMILES string of the molecule is Cl.O=C(c1ccc([N+](=O)[O-])o1)N1CCC(C2CCCN2)CC1. The van der Waals surface area contributed by atoms with E-state index in [-0.39, 0.29) is 30.0 Å². The minimum Gasteiger partial charge on any atom is -0.395 e. The maximum absolute atomic E-state index is 12.3. The Hall–Kier alpha value is -1.60. The molecule has 0 saturated carbocycles. The minimum absolute atomic E-state index is 0. The van der Waals surface area contributed by atoms with Crippen molar-refractivity contribution in [1.82, 2.24) is 10.2 Å². The lowest BCUT2D eigenvalue weighted by atomic mass is 9.88. The first-order valence-corrected chi connectivity index (χ1v) is 7.42. The molecule has 1 aromatic rings. The van der Waals surface area contributed by atoms with Gasteiger partial charge in [-0.3, -0.25) is 14.9 Å². The molecule has 1 unspecified atom stereocenters. The van der Waals surface area contributed by atoms with E-state index < -0.39 is 4.92 Å². The number of nitro groups is 1. The summed E-state index contributed by atoms with van der Waals surface area (Å²) in [5.74, 6) is 0.0472. The van der Waals surface area contributed by atoms with Gasteiger partial charge < -0.3 is 14.6 Å². The lowest BCUT2D eigenvalue weighted by Crippen LogP contribution is -2.43. The van der Waals surface area contributed by atoms with Crippen molar-refractivity contribution in [2.24, 2.45) is 5.92 Å². The van der Waals surface area contributed by atoms with Crippen LogP contribution in [0, 0.1) is 16.0 Å². The van der Waals surface area contributed by atoms with Crippen LogP contribution in [0.3, 0.4) is 0 Å². The number of hydrogen-bond acceptors (Lipinski definition) is 5. The Bertz CT molecular complexity index is 534. The molecule has 1 amide bonds. The zero-order valence-corrected chi connectivity index (χ0v) is 13.0. The van der Waals surface area contributed by atoms with Gasteiger partial charge in [-0.15, -0.1) is 12.4 Å². The molecule has 0 aliphatic carbocycles. The molecule has 22 heavy (non-hydrogen) atoms. The van der Waals surface area contributed by atoms with Gasteiger partial charge in [-0.1, -0.05) is 0 Å². The van der Waals surface area contributed by atoms with Gasteiger partial charge in [0.05, 0.1) is 6.07 Å². The third kappa shape index (κ3) is 3.41. The van der Waals surface area contributed by atoms with Crippen LogP contribution in [0.2, 0.25) is 0 Å². The van der Waals surface area contributed by atoms with Crippen LogP contribution in [0.25, 0.3) is 0 Å². The quantitative estimate of drug-likeness (QED) is 0.678. The summed E-state index contributed by atoms with van der Waals surface area (Å²) < 4.78 is 4.98. The van der Waals surface area contributed by atoms with E-state index in [1.165, 1.54) is 25.0 Å². The zero-order chi connectivity index (χ0) is 14.8. The molecular formula is C14H20ClN3O4. The molecule has 1 aromatic heterocycles. The summed E-state index contributed by atoms with van der Waals surface area (Å²) in [5.41, 5.74) is 0. The Morgan fingerprint density at radius 3 is 2.59 bits per heavy atom. The number of furan rings is 1. The maximum Gasteiger partial charge on any atom is 0.433 e. The molecule has 0 aromatic carbocycles. The van der Waals surface area contributed by atoms with Crippen molar-refractivity contribution in [2.45, 2.75) is 31.7 Å². The van der Waals surface area contributed by atoms with Crippen LogP contribution in [-0.2, 0) is 0 Å². The number of piperidine rings is 1. The molecule has 1 atom stereocenters. The normalized spacial score (nSPS) is 22.4. The van der Waals surface area contributed by atoms with Crippen molar-refractivity contribution in [1.29, 1.82) is 0 Å². The van der Waals surface area contributed by atoms with E-state index >= 15 is 0 Å². The number of likely N-dealkylation sites (tertiary alicyclic amines) is 1. The number of carbonyl (C=O) groups is 1. The van der Waals surface area contributed by atoms with Crippen LogP contribution < -0.4 is 5.32 Å². The number of carbonyl (C=O) groups excluding carboxylic acids is 1. The molecular weight excluding hydrogens is 310 g/mol. The van der Waals surface area contributed by atoms with E-state index in [0.717, 1.165) is 19.4 Å². The highest BCUT2D eigenvalue weighted by Crippen LogP contribution is 2.27. The van der Waals surface area contributed by atoms with E-state index in [0.29, 0.717) is 25.0 Å². The Kier molecular flexibility index (Phi) is 5.42. The molecule has 2 fully saturated rings. The van der Waals surface area contributed by atoms with Crippen LogP contribution in [0.5, 0.6) is 0 Å². The van der Waals surface area contributed by atoms with Crippen molar-refractivity contribution in [3.8, 4) is 0 Å². The molecule has 122 valence electrons. The highest BCUT2D eigenvalue weighted by molar-refractivity contribution is 5.91. The van der Waals surface area contributed by atoms with Crippen LogP contribution >= 0.6 is 12.4 Å². The zero-order valence-electron chi connectivity index (χ0n) is 12.2. The van der Waals surface area contributed by atoms with Gasteiger partial charge in [-0.25, -0.2) is 0 Å². The second kappa shape index (κ2) is 7.11. The van der Waals surface area contributed by atoms with E-state index in [9.17, 15) is 14.9 Å². The second-order valence-corrected chi connectivity index (χ2v) is 5.73. The van der Waals surface area contributed by atoms with Gasteiger partial charge in [0.2, 0.25) is 0 Å². The molecule has 3 heterocycles. The summed E-state index contributed by atoms with van der Waals surface area (Å²) >= 11 is 0. The van der Waals surface area contributed by atoms with Crippen LogP contribution in [0.15, 0.2) is 16.5 Å². The van der Waals surface area contributed by atoms with Gasteiger partial charge in [0.25, 0.3) is 5.91 Å². The average molecular weight is 330 g/mol. The first kappa shape index (κ1) is 16.8. The van der Waals surface area contributed by atoms with Gasteiger partial charge in [0, 0.05) is 19.1 Å². The lowest BCUT2D eigenvalue weighted by Gasteiger charge is -2.34. The summed E-state index contributed by atoms with van der Waals surface area (Å²) in [6.07, 6.45) is 4.42. The number of nitrogens with zero attached hydrogens (tertiary/aromatic N) is 2. The molecule has 2 aliphatic rings. The van der Waals surface area contributed by atoms with Gasteiger partial charge in [0.15, 0.2) is 5.76 Å². The van der Waals surface area contributed by atoms with Gasteiger partial charge in [-0.05, 0) is 44.2 Å². The molecule has 2 saturated heterocycles. The molecule has 7 nitrogen and oxygen atoms in total. The Morgan fingerprint density at radius 1 is 1.32 bits per heavy atom. The highest BCUT2D eigenvalue weighted by Gasteiger charge is 2.31. The maximum atomic E-state index is 12.3. The minimum atomic E-state index is -0.630. The Balaban J connectivity index is 0.00000176. The first-order valence-electron chi connectivity index (χ1n) is 7.42. The number of amides is 1. The largest absolute Gasteiger partial charge is 0.433 e. The van der Waals surface area contributed by atoms with Crippen LogP contribution in [0.4, 0.5) is 5.88 Å². The van der Waals surface area contributed by atoms with E-state index in [4.69, 9.17) is 4.42 Å². The van der Waals surface area contributed by atoms with E-state index in [2.05, 4.69) is 5.32 Å². The van der Waals surface area contributed by atoms with Crippen LogP contribution in [-0.4, -0.2) is 41.4 Å². The summed E-state index contributed by atoms with van der Waals surface area (Å²) in [5, 5.41) is 14.1. The summed E-state index contributed by atoms with van der Waals surface area (Å²) in [7, 11) is 0. The Morgan fingerprint density at radius 2 is 2.05 bits per heavy atom. The Labute approximate surface area is 134 Å². The van der Waals surface area contributed by atoms with Crippen molar-refractivity contribution in [2.75, 3.05) is 19.6 Å².